The summed E-state index contributed by atoms with van der Waals surface area (Å²) in [5, 5.41) is 16.2. The second-order valence-electron chi connectivity index (χ2n) is 4.46. The molecule has 0 aliphatic heterocycles. The van der Waals surface area contributed by atoms with Crippen molar-refractivity contribution < 1.29 is 14.4 Å². The monoisotopic (exact) mass is 339 g/mol. The molecule has 2 aromatic heterocycles. The Labute approximate surface area is 124 Å². The normalized spacial score (nSPS) is 12.2. The zero-order valence-electron chi connectivity index (χ0n) is 11.3. The van der Waals surface area contributed by atoms with Crippen LogP contribution in [0.15, 0.2) is 21.3 Å². The highest BCUT2D eigenvalue weighted by atomic mass is 79.9. The second kappa shape index (κ2) is 5.62. The Kier molecular flexibility index (Phi) is 4.08. The van der Waals surface area contributed by atoms with Crippen molar-refractivity contribution >= 4 is 27.7 Å². The lowest BCUT2D eigenvalue weighted by atomic mass is 10.1. The molecule has 0 saturated carbocycles. The quantitative estimate of drug-likeness (QED) is 0.888. The van der Waals surface area contributed by atoms with Crippen LogP contribution in [-0.2, 0) is 0 Å². The Balaban J connectivity index is 2.33. The Hall–Kier alpha value is -1.89. The Bertz CT molecular complexity index is 635. The van der Waals surface area contributed by atoms with Crippen LogP contribution in [0.1, 0.15) is 40.3 Å². The molecule has 20 heavy (non-hydrogen) atoms. The van der Waals surface area contributed by atoms with E-state index < -0.39 is 5.97 Å². The van der Waals surface area contributed by atoms with E-state index in [2.05, 4.69) is 31.4 Å². The average Bonchev–Trinajstić information content (AvgIpc) is 2.71. The molecule has 0 aromatic carbocycles. The lowest BCUT2D eigenvalue weighted by Gasteiger charge is -2.16. The Morgan fingerprint density at radius 2 is 2.20 bits per heavy atom. The lowest BCUT2D eigenvalue weighted by molar-refractivity contribution is 0.0697. The van der Waals surface area contributed by atoms with Gasteiger partial charge in [0.25, 0.3) is 0 Å². The van der Waals surface area contributed by atoms with E-state index in [-0.39, 0.29) is 11.6 Å². The molecule has 0 fully saturated rings. The van der Waals surface area contributed by atoms with E-state index in [0.29, 0.717) is 16.1 Å². The van der Waals surface area contributed by atoms with Crippen molar-refractivity contribution in [3.63, 3.8) is 0 Å². The number of aromatic nitrogens is 2. The van der Waals surface area contributed by atoms with Crippen LogP contribution in [0.5, 0.6) is 0 Å². The fraction of sp³-hybridized carbons (Fsp3) is 0.308. The fourth-order valence-electron chi connectivity index (χ4n) is 2.10. The van der Waals surface area contributed by atoms with Gasteiger partial charge in [-0.3, -0.25) is 0 Å². The number of hydrogen-bond acceptors (Lipinski definition) is 5. The van der Waals surface area contributed by atoms with Gasteiger partial charge in [-0.25, -0.2) is 9.78 Å². The van der Waals surface area contributed by atoms with Crippen LogP contribution in [0.4, 0.5) is 5.82 Å². The predicted molar refractivity (Wildman–Crippen MR) is 76.9 cm³/mol. The fourth-order valence-corrected chi connectivity index (χ4v) is 2.43. The maximum Gasteiger partial charge on any atom is 0.339 e. The molecule has 2 N–H and O–H groups in total. The Morgan fingerprint density at radius 1 is 1.50 bits per heavy atom. The van der Waals surface area contributed by atoms with Crippen LogP contribution in [0.2, 0.25) is 0 Å². The van der Waals surface area contributed by atoms with Gasteiger partial charge in [0.05, 0.1) is 11.7 Å². The van der Waals surface area contributed by atoms with E-state index in [9.17, 15) is 9.90 Å². The first-order chi connectivity index (χ1) is 9.40. The molecule has 0 radical (unpaired) electrons. The van der Waals surface area contributed by atoms with E-state index in [0.717, 1.165) is 11.3 Å². The first-order valence-electron chi connectivity index (χ1n) is 5.98. The minimum atomic E-state index is -1.03. The number of anilines is 1. The zero-order chi connectivity index (χ0) is 14.9. The molecule has 106 valence electrons. The second-order valence-corrected chi connectivity index (χ2v) is 5.37. The number of hydrogen-bond donors (Lipinski definition) is 2. The van der Waals surface area contributed by atoms with Crippen molar-refractivity contribution in [2.75, 3.05) is 5.32 Å². The van der Waals surface area contributed by atoms with Gasteiger partial charge in [-0.1, -0.05) is 5.16 Å². The third-order valence-corrected chi connectivity index (χ3v) is 3.39. The van der Waals surface area contributed by atoms with Crippen molar-refractivity contribution in [3.8, 4) is 0 Å². The molecule has 1 atom stereocenters. The smallest absolute Gasteiger partial charge is 0.339 e. The molecule has 2 aromatic rings. The van der Waals surface area contributed by atoms with E-state index >= 15 is 0 Å². The van der Waals surface area contributed by atoms with Gasteiger partial charge in [-0.2, -0.15) is 0 Å². The number of pyridine rings is 1. The minimum absolute atomic E-state index is 0.109. The average molecular weight is 340 g/mol. The van der Waals surface area contributed by atoms with E-state index in [1.165, 1.54) is 6.07 Å². The van der Waals surface area contributed by atoms with Crippen LogP contribution >= 0.6 is 15.9 Å². The standard InChI is InChI=1S/C13H14BrN3O3/c1-6(11-7(2)17-20-8(11)3)16-12-10(13(18)19)4-9(14)5-15-12/h4-6H,1-3H3,(H,15,16)(H,18,19). The molecule has 0 bridgehead atoms. The lowest BCUT2D eigenvalue weighted by Crippen LogP contribution is -2.13. The number of carbonyl (C=O) groups is 1. The van der Waals surface area contributed by atoms with Gasteiger partial charge in [0.15, 0.2) is 0 Å². The molecule has 0 aliphatic rings. The number of aromatic carboxylic acids is 1. The van der Waals surface area contributed by atoms with Gasteiger partial charge in [-0.15, -0.1) is 0 Å². The molecular weight excluding hydrogens is 326 g/mol. The van der Waals surface area contributed by atoms with Gasteiger partial charge >= 0.3 is 5.97 Å². The van der Waals surface area contributed by atoms with Crippen molar-refractivity contribution in [3.05, 3.63) is 39.3 Å². The number of carboxylic acid groups (broad SMARTS) is 1. The summed E-state index contributed by atoms with van der Waals surface area (Å²) in [5.41, 5.74) is 1.79. The minimum Gasteiger partial charge on any atom is -0.478 e. The molecule has 7 heteroatoms. The number of rotatable bonds is 4. The summed E-state index contributed by atoms with van der Waals surface area (Å²) in [6.07, 6.45) is 1.55. The summed E-state index contributed by atoms with van der Waals surface area (Å²) >= 11 is 3.21. The Morgan fingerprint density at radius 3 is 2.75 bits per heavy atom. The molecule has 6 nitrogen and oxygen atoms in total. The van der Waals surface area contributed by atoms with Gasteiger partial charge in [-0.05, 0) is 42.8 Å². The van der Waals surface area contributed by atoms with Crippen molar-refractivity contribution in [2.45, 2.75) is 26.8 Å². The molecule has 0 aliphatic carbocycles. The number of aryl methyl sites for hydroxylation is 2. The largest absolute Gasteiger partial charge is 0.478 e. The van der Waals surface area contributed by atoms with Crippen LogP contribution < -0.4 is 5.32 Å². The molecular formula is C13H14BrN3O3. The van der Waals surface area contributed by atoms with Gasteiger partial charge in [0.1, 0.15) is 17.1 Å². The third kappa shape index (κ3) is 2.82. The van der Waals surface area contributed by atoms with Crippen LogP contribution in [0, 0.1) is 13.8 Å². The third-order valence-electron chi connectivity index (χ3n) is 2.96. The number of carboxylic acids is 1. The van der Waals surface area contributed by atoms with E-state index in [4.69, 9.17) is 4.52 Å². The van der Waals surface area contributed by atoms with Crippen LogP contribution in [-0.4, -0.2) is 21.2 Å². The number of nitrogens with zero attached hydrogens (tertiary/aromatic N) is 2. The topological polar surface area (TPSA) is 88.3 Å². The molecule has 0 amide bonds. The summed E-state index contributed by atoms with van der Waals surface area (Å²) in [6, 6.07) is 1.35. The summed E-state index contributed by atoms with van der Waals surface area (Å²) in [6.45, 7) is 5.57. The number of nitrogens with one attached hydrogen (secondary N) is 1. The van der Waals surface area contributed by atoms with Gasteiger partial charge < -0.3 is 14.9 Å². The number of halogens is 1. The molecule has 0 spiro atoms. The predicted octanol–water partition coefficient (Wildman–Crippen LogP) is 3.32. The highest BCUT2D eigenvalue weighted by molar-refractivity contribution is 9.10. The molecule has 2 rings (SSSR count). The highest BCUT2D eigenvalue weighted by Crippen LogP contribution is 2.26. The summed E-state index contributed by atoms with van der Waals surface area (Å²) in [4.78, 5) is 15.4. The molecule has 2 heterocycles. The first kappa shape index (κ1) is 14.5. The van der Waals surface area contributed by atoms with E-state index in [1.54, 1.807) is 6.20 Å². The summed E-state index contributed by atoms with van der Waals surface area (Å²) in [5.74, 6) is -0.0167. The van der Waals surface area contributed by atoms with Crippen molar-refractivity contribution in [1.82, 2.24) is 10.1 Å². The van der Waals surface area contributed by atoms with E-state index in [1.807, 2.05) is 20.8 Å². The van der Waals surface area contributed by atoms with Crippen molar-refractivity contribution in [1.29, 1.82) is 0 Å². The van der Waals surface area contributed by atoms with Crippen LogP contribution in [0.25, 0.3) is 0 Å². The van der Waals surface area contributed by atoms with Gasteiger partial charge in [0, 0.05) is 16.2 Å². The maximum atomic E-state index is 11.2. The highest BCUT2D eigenvalue weighted by Gasteiger charge is 2.19. The summed E-state index contributed by atoms with van der Waals surface area (Å²) < 4.78 is 5.73. The van der Waals surface area contributed by atoms with Gasteiger partial charge in [0.2, 0.25) is 0 Å². The van der Waals surface area contributed by atoms with Crippen molar-refractivity contribution in [2.24, 2.45) is 0 Å². The summed E-state index contributed by atoms with van der Waals surface area (Å²) in [7, 11) is 0. The molecule has 1 unspecified atom stereocenters. The van der Waals surface area contributed by atoms with Crippen LogP contribution in [0.3, 0.4) is 0 Å². The first-order valence-corrected chi connectivity index (χ1v) is 6.77. The SMILES string of the molecule is Cc1noc(C)c1C(C)Nc1ncc(Br)cc1C(=O)O. The maximum absolute atomic E-state index is 11.2. The molecule has 0 saturated heterocycles. The zero-order valence-corrected chi connectivity index (χ0v) is 12.9.